The summed E-state index contributed by atoms with van der Waals surface area (Å²) in [5, 5.41) is 4.26. The Hall–Kier alpha value is -1.42. The van der Waals surface area contributed by atoms with Crippen molar-refractivity contribution in [3.8, 4) is 0 Å². The number of hydrogen-bond acceptors (Lipinski definition) is 4. The molecule has 0 aliphatic carbocycles. The third kappa shape index (κ3) is 5.09. The molecule has 0 saturated heterocycles. The number of thiol groups is 1. The minimum absolute atomic E-state index is 0.360. The second-order valence-electron chi connectivity index (χ2n) is 5.71. The first-order valence-electron chi connectivity index (χ1n) is 8.21. The fourth-order valence-electron chi connectivity index (χ4n) is 2.57. The summed E-state index contributed by atoms with van der Waals surface area (Å²) in [4.78, 5) is 12.0. The highest BCUT2D eigenvalue weighted by Crippen LogP contribution is 2.23. The van der Waals surface area contributed by atoms with Crippen LogP contribution < -0.4 is 10.9 Å². The van der Waals surface area contributed by atoms with Crippen LogP contribution in [0.5, 0.6) is 0 Å². The Bertz CT molecular complexity index is 651. The summed E-state index contributed by atoms with van der Waals surface area (Å²) in [6.45, 7) is 3.19. The molecule has 0 radical (unpaired) electrons. The van der Waals surface area contributed by atoms with Gasteiger partial charge in [0.2, 0.25) is 0 Å². The zero-order chi connectivity index (χ0) is 15.8. The molecule has 0 fully saturated rings. The predicted octanol–water partition coefficient (Wildman–Crippen LogP) is 5.24. The fourth-order valence-corrected chi connectivity index (χ4v) is 2.86. The molecule has 0 saturated carbocycles. The topological polar surface area (TPSA) is 42.2 Å². The number of anilines is 1. The Morgan fingerprint density at radius 1 is 1.05 bits per heavy atom. The maximum absolute atomic E-state index is 11.4. The fraction of sp³-hybridized carbons (Fsp3) is 0.500. The largest absolute Gasteiger partial charge is 0.423 e. The normalized spacial score (nSPS) is 11.0. The number of unbranched alkanes of at least 4 members (excludes halogenated alkanes) is 6. The number of hydrogen-bond donors (Lipinski definition) is 2. The van der Waals surface area contributed by atoms with Crippen molar-refractivity contribution in [2.24, 2.45) is 0 Å². The Balaban J connectivity index is 1.79. The first-order valence-corrected chi connectivity index (χ1v) is 8.66. The van der Waals surface area contributed by atoms with Gasteiger partial charge in [-0.15, -0.1) is 12.6 Å². The van der Waals surface area contributed by atoms with E-state index in [1.54, 1.807) is 0 Å². The van der Waals surface area contributed by atoms with Gasteiger partial charge in [-0.3, -0.25) is 0 Å². The van der Waals surface area contributed by atoms with Crippen molar-refractivity contribution in [1.82, 2.24) is 0 Å². The lowest BCUT2D eigenvalue weighted by Crippen LogP contribution is -2.02. The van der Waals surface area contributed by atoms with E-state index >= 15 is 0 Å². The first kappa shape index (κ1) is 16.9. The van der Waals surface area contributed by atoms with Crippen molar-refractivity contribution in [2.75, 3.05) is 11.9 Å². The molecule has 0 aliphatic heterocycles. The van der Waals surface area contributed by atoms with Gasteiger partial charge in [0, 0.05) is 34.6 Å². The highest BCUT2D eigenvalue weighted by Gasteiger charge is 2.03. The number of fused-ring (bicyclic) bond motifs is 1. The van der Waals surface area contributed by atoms with Crippen molar-refractivity contribution in [1.29, 1.82) is 0 Å². The zero-order valence-electron chi connectivity index (χ0n) is 13.2. The van der Waals surface area contributed by atoms with E-state index in [9.17, 15) is 4.79 Å². The molecule has 0 bridgehead atoms. The molecule has 1 aromatic carbocycles. The molecule has 2 rings (SSSR count). The lowest BCUT2D eigenvalue weighted by molar-refractivity contribution is 0.557. The molecular formula is C18H25NO2S. The van der Waals surface area contributed by atoms with Crippen LogP contribution in [0.1, 0.15) is 51.9 Å². The van der Waals surface area contributed by atoms with Crippen LogP contribution in [-0.2, 0) is 0 Å². The van der Waals surface area contributed by atoms with Gasteiger partial charge in [-0.25, -0.2) is 4.79 Å². The lowest BCUT2D eigenvalue weighted by Gasteiger charge is -2.08. The Labute approximate surface area is 137 Å². The quantitative estimate of drug-likeness (QED) is 0.377. The molecular weight excluding hydrogens is 294 g/mol. The summed E-state index contributed by atoms with van der Waals surface area (Å²) in [5.41, 5.74) is 1.21. The molecule has 2 aromatic rings. The van der Waals surface area contributed by atoms with Crippen molar-refractivity contribution >= 4 is 29.3 Å². The van der Waals surface area contributed by atoms with Crippen molar-refractivity contribution in [2.45, 2.75) is 56.8 Å². The van der Waals surface area contributed by atoms with Crippen LogP contribution >= 0.6 is 12.6 Å². The minimum atomic E-state index is -0.360. The van der Waals surface area contributed by atoms with E-state index in [0.717, 1.165) is 17.6 Å². The van der Waals surface area contributed by atoms with Crippen LogP contribution in [0.2, 0.25) is 0 Å². The number of rotatable bonds is 9. The lowest BCUT2D eigenvalue weighted by atomic mass is 10.1. The van der Waals surface area contributed by atoms with Gasteiger partial charge in [-0.2, -0.15) is 0 Å². The standard InChI is InChI=1S/C18H25NO2S/c1-2-3-4-5-6-7-8-11-19-14-9-10-15-16(12-14)21-18(20)13-17(15)22/h9-10,12-13,19,22H,2-8,11H2,1H3. The summed E-state index contributed by atoms with van der Waals surface area (Å²) >= 11 is 4.31. The molecule has 0 unspecified atom stereocenters. The molecule has 0 atom stereocenters. The maximum atomic E-state index is 11.4. The average molecular weight is 319 g/mol. The van der Waals surface area contributed by atoms with Crippen molar-refractivity contribution in [3.63, 3.8) is 0 Å². The van der Waals surface area contributed by atoms with Gasteiger partial charge in [-0.05, 0) is 18.6 Å². The monoisotopic (exact) mass is 319 g/mol. The molecule has 3 nitrogen and oxygen atoms in total. The third-order valence-electron chi connectivity index (χ3n) is 3.83. The smallest absolute Gasteiger partial charge is 0.337 e. The van der Waals surface area contributed by atoms with Gasteiger partial charge in [0.05, 0.1) is 0 Å². The van der Waals surface area contributed by atoms with Gasteiger partial charge >= 0.3 is 5.63 Å². The highest BCUT2D eigenvalue weighted by molar-refractivity contribution is 7.80. The third-order valence-corrected chi connectivity index (χ3v) is 4.20. The van der Waals surface area contributed by atoms with E-state index in [4.69, 9.17) is 4.42 Å². The number of benzene rings is 1. The van der Waals surface area contributed by atoms with Crippen molar-refractivity contribution in [3.05, 3.63) is 34.7 Å². The van der Waals surface area contributed by atoms with Crippen LogP contribution in [0, 0.1) is 0 Å². The molecule has 0 aliphatic rings. The van der Waals surface area contributed by atoms with Crippen LogP contribution in [0.3, 0.4) is 0 Å². The highest BCUT2D eigenvalue weighted by atomic mass is 32.1. The van der Waals surface area contributed by atoms with Gasteiger partial charge in [-0.1, -0.05) is 45.4 Å². The SMILES string of the molecule is CCCCCCCCCNc1ccc2c(S)cc(=O)oc2c1. The second kappa shape index (κ2) is 8.89. The van der Waals surface area contributed by atoms with Gasteiger partial charge in [0.25, 0.3) is 0 Å². The van der Waals surface area contributed by atoms with Crippen LogP contribution in [-0.4, -0.2) is 6.54 Å². The summed E-state index contributed by atoms with van der Waals surface area (Å²) in [6.07, 6.45) is 9.11. The molecule has 0 spiro atoms. The van der Waals surface area contributed by atoms with Crippen molar-refractivity contribution < 1.29 is 4.42 Å². The van der Waals surface area contributed by atoms with E-state index < -0.39 is 0 Å². The van der Waals surface area contributed by atoms with E-state index in [1.165, 1.54) is 51.0 Å². The van der Waals surface area contributed by atoms with E-state index in [0.29, 0.717) is 10.5 Å². The first-order chi connectivity index (χ1) is 10.7. The summed E-state index contributed by atoms with van der Waals surface area (Å²) < 4.78 is 5.22. The zero-order valence-corrected chi connectivity index (χ0v) is 14.1. The molecule has 1 heterocycles. The molecule has 1 N–H and O–H groups in total. The van der Waals surface area contributed by atoms with Gasteiger partial charge < -0.3 is 9.73 Å². The summed E-state index contributed by atoms with van der Waals surface area (Å²) in [6, 6.07) is 7.21. The summed E-state index contributed by atoms with van der Waals surface area (Å²) in [7, 11) is 0. The van der Waals surface area contributed by atoms with E-state index in [2.05, 4.69) is 24.9 Å². The second-order valence-corrected chi connectivity index (χ2v) is 6.19. The Morgan fingerprint density at radius 3 is 2.55 bits per heavy atom. The maximum Gasteiger partial charge on any atom is 0.337 e. The van der Waals surface area contributed by atoms with E-state index in [1.807, 2.05) is 18.2 Å². The minimum Gasteiger partial charge on any atom is -0.423 e. The molecule has 0 amide bonds. The van der Waals surface area contributed by atoms with Crippen LogP contribution in [0.4, 0.5) is 5.69 Å². The number of nitrogens with one attached hydrogen (secondary N) is 1. The van der Waals surface area contributed by atoms with Gasteiger partial charge in [0.15, 0.2) is 0 Å². The molecule has 120 valence electrons. The average Bonchev–Trinajstić information content (AvgIpc) is 2.49. The Morgan fingerprint density at radius 2 is 1.77 bits per heavy atom. The van der Waals surface area contributed by atoms with Gasteiger partial charge in [0.1, 0.15) is 5.58 Å². The predicted molar refractivity (Wildman–Crippen MR) is 96.2 cm³/mol. The van der Waals surface area contributed by atoms with E-state index in [-0.39, 0.29) is 5.63 Å². The molecule has 4 heteroatoms. The molecule has 1 aromatic heterocycles. The van der Waals surface area contributed by atoms with Crippen LogP contribution in [0.15, 0.2) is 38.4 Å². The summed E-state index contributed by atoms with van der Waals surface area (Å²) in [5.74, 6) is 0. The molecule has 22 heavy (non-hydrogen) atoms. The van der Waals surface area contributed by atoms with Crippen LogP contribution in [0.25, 0.3) is 11.0 Å². The Kier molecular flexibility index (Phi) is 6.84.